The lowest BCUT2D eigenvalue weighted by Gasteiger charge is -2.21. The SMILES string of the molecule is O=C(Cc1csc2ccc(Cl)cc12)N1CCCN(Cc2ccco2)CC1. The van der Waals surface area contributed by atoms with Gasteiger partial charge >= 0.3 is 0 Å². The molecular weight excluding hydrogens is 368 g/mol. The van der Waals surface area contributed by atoms with E-state index in [0.717, 1.165) is 55.9 Å². The molecule has 0 bridgehead atoms. The van der Waals surface area contributed by atoms with Gasteiger partial charge in [0.15, 0.2) is 0 Å². The number of amides is 1. The number of carbonyl (C=O) groups is 1. The van der Waals surface area contributed by atoms with Crippen molar-refractivity contribution in [3.63, 3.8) is 0 Å². The zero-order valence-electron chi connectivity index (χ0n) is 14.5. The number of fused-ring (bicyclic) bond motifs is 1. The van der Waals surface area contributed by atoms with E-state index in [1.165, 1.54) is 4.70 Å². The van der Waals surface area contributed by atoms with E-state index in [1.54, 1.807) is 17.6 Å². The molecule has 6 heteroatoms. The largest absolute Gasteiger partial charge is 0.468 e. The van der Waals surface area contributed by atoms with E-state index in [0.29, 0.717) is 11.4 Å². The molecule has 2 aromatic heterocycles. The van der Waals surface area contributed by atoms with E-state index < -0.39 is 0 Å². The first-order valence-electron chi connectivity index (χ1n) is 8.87. The summed E-state index contributed by atoms with van der Waals surface area (Å²) in [6, 6.07) is 9.80. The first kappa shape index (κ1) is 17.6. The van der Waals surface area contributed by atoms with Crippen LogP contribution in [0.2, 0.25) is 5.02 Å². The maximum atomic E-state index is 12.8. The average molecular weight is 389 g/mol. The molecule has 3 heterocycles. The van der Waals surface area contributed by atoms with Crippen LogP contribution in [-0.2, 0) is 17.8 Å². The van der Waals surface area contributed by atoms with Gasteiger partial charge in [0, 0.05) is 35.9 Å². The Bertz CT molecular complexity index is 890. The van der Waals surface area contributed by atoms with Gasteiger partial charge in [-0.15, -0.1) is 11.3 Å². The predicted octanol–water partition coefficient (Wildman–Crippen LogP) is 4.42. The summed E-state index contributed by atoms with van der Waals surface area (Å²) in [6.07, 6.45) is 3.14. The summed E-state index contributed by atoms with van der Waals surface area (Å²) in [5.74, 6) is 1.18. The van der Waals surface area contributed by atoms with Crippen molar-refractivity contribution in [1.29, 1.82) is 0 Å². The lowest BCUT2D eigenvalue weighted by atomic mass is 10.1. The van der Waals surface area contributed by atoms with E-state index in [2.05, 4.69) is 10.3 Å². The average Bonchev–Trinajstić information content (AvgIpc) is 3.21. The number of furan rings is 1. The highest BCUT2D eigenvalue weighted by Crippen LogP contribution is 2.29. The molecule has 3 aromatic rings. The van der Waals surface area contributed by atoms with Crippen LogP contribution in [0.5, 0.6) is 0 Å². The van der Waals surface area contributed by atoms with Crippen LogP contribution >= 0.6 is 22.9 Å². The van der Waals surface area contributed by atoms with Crippen LogP contribution in [0.3, 0.4) is 0 Å². The molecule has 1 aromatic carbocycles. The van der Waals surface area contributed by atoms with E-state index in [-0.39, 0.29) is 5.91 Å². The number of hydrogen-bond donors (Lipinski definition) is 0. The summed E-state index contributed by atoms with van der Waals surface area (Å²) in [4.78, 5) is 17.2. The Balaban J connectivity index is 1.39. The quantitative estimate of drug-likeness (QED) is 0.663. The molecular formula is C20H21ClN2O2S. The fourth-order valence-corrected chi connectivity index (χ4v) is 4.58. The van der Waals surface area contributed by atoms with Gasteiger partial charge in [-0.1, -0.05) is 11.6 Å². The molecule has 0 spiro atoms. The number of benzene rings is 1. The van der Waals surface area contributed by atoms with Crippen molar-refractivity contribution >= 4 is 38.9 Å². The lowest BCUT2D eigenvalue weighted by molar-refractivity contribution is -0.130. The third-order valence-corrected chi connectivity index (χ3v) is 6.11. The molecule has 0 saturated carbocycles. The molecule has 1 aliphatic rings. The van der Waals surface area contributed by atoms with Gasteiger partial charge in [-0.3, -0.25) is 9.69 Å². The number of nitrogens with zero attached hydrogens (tertiary/aromatic N) is 2. The van der Waals surface area contributed by atoms with E-state index >= 15 is 0 Å². The highest BCUT2D eigenvalue weighted by Gasteiger charge is 2.21. The van der Waals surface area contributed by atoms with Crippen LogP contribution in [0.25, 0.3) is 10.1 Å². The molecule has 1 saturated heterocycles. The van der Waals surface area contributed by atoms with Crippen molar-refractivity contribution < 1.29 is 9.21 Å². The maximum absolute atomic E-state index is 12.8. The third kappa shape index (κ3) is 3.95. The van der Waals surface area contributed by atoms with Gasteiger partial charge in [0.2, 0.25) is 5.91 Å². The Hall–Kier alpha value is -1.82. The molecule has 4 rings (SSSR count). The van der Waals surface area contributed by atoms with Crippen molar-refractivity contribution in [1.82, 2.24) is 9.80 Å². The molecule has 1 aliphatic heterocycles. The molecule has 26 heavy (non-hydrogen) atoms. The minimum absolute atomic E-state index is 0.199. The number of carbonyl (C=O) groups excluding carboxylic acids is 1. The van der Waals surface area contributed by atoms with Gasteiger partial charge < -0.3 is 9.32 Å². The van der Waals surface area contributed by atoms with E-state index in [1.807, 2.05) is 35.2 Å². The minimum atomic E-state index is 0.199. The third-order valence-electron chi connectivity index (χ3n) is 4.86. The van der Waals surface area contributed by atoms with Crippen molar-refractivity contribution in [2.24, 2.45) is 0 Å². The van der Waals surface area contributed by atoms with Crippen molar-refractivity contribution in [2.45, 2.75) is 19.4 Å². The summed E-state index contributed by atoms with van der Waals surface area (Å²) < 4.78 is 6.62. The lowest BCUT2D eigenvalue weighted by Crippen LogP contribution is -2.36. The van der Waals surface area contributed by atoms with Gasteiger partial charge in [0.05, 0.1) is 19.2 Å². The number of rotatable bonds is 4. The molecule has 136 valence electrons. The van der Waals surface area contributed by atoms with Crippen LogP contribution in [0.15, 0.2) is 46.4 Å². The highest BCUT2D eigenvalue weighted by atomic mass is 35.5. The molecule has 0 aliphatic carbocycles. The van der Waals surface area contributed by atoms with Crippen molar-refractivity contribution in [3.8, 4) is 0 Å². The normalized spacial score (nSPS) is 16.1. The van der Waals surface area contributed by atoms with E-state index in [9.17, 15) is 4.79 Å². The van der Waals surface area contributed by atoms with Crippen LogP contribution in [0.4, 0.5) is 0 Å². The summed E-state index contributed by atoms with van der Waals surface area (Å²) in [5.41, 5.74) is 1.08. The Kier molecular flexibility index (Phi) is 5.29. The van der Waals surface area contributed by atoms with Crippen LogP contribution < -0.4 is 0 Å². The van der Waals surface area contributed by atoms with Gasteiger partial charge in [0.25, 0.3) is 0 Å². The van der Waals surface area contributed by atoms with Gasteiger partial charge in [-0.2, -0.15) is 0 Å². The second-order valence-corrected chi connectivity index (χ2v) is 8.02. The van der Waals surface area contributed by atoms with Crippen molar-refractivity contribution in [3.05, 3.63) is 58.3 Å². The Morgan fingerprint density at radius 1 is 1.19 bits per heavy atom. The van der Waals surface area contributed by atoms with Crippen LogP contribution in [0.1, 0.15) is 17.7 Å². The molecule has 0 radical (unpaired) electrons. The molecule has 0 unspecified atom stereocenters. The second-order valence-electron chi connectivity index (χ2n) is 6.67. The van der Waals surface area contributed by atoms with Crippen LogP contribution in [0, 0.1) is 0 Å². The monoisotopic (exact) mass is 388 g/mol. The summed E-state index contributed by atoms with van der Waals surface area (Å²) in [5, 5.41) is 3.90. The smallest absolute Gasteiger partial charge is 0.227 e. The Labute approximate surface area is 162 Å². The molecule has 1 amide bonds. The maximum Gasteiger partial charge on any atom is 0.227 e. The summed E-state index contributed by atoms with van der Waals surface area (Å²) >= 11 is 7.79. The standard InChI is InChI=1S/C20H21ClN2O2S/c21-16-4-5-19-18(12-16)15(14-26-19)11-20(24)23-7-2-6-22(8-9-23)13-17-3-1-10-25-17/h1,3-5,10,12,14H,2,6-9,11,13H2. The van der Waals surface area contributed by atoms with Crippen molar-refractivity contribution in [2.75, 3.05) is 26.2 Å². The van der Waals surface area contributed by atoms with Gasteiger partial charge in [0.1, 0.15) is 5.76 Å². The van der Waals surface area contributed by atoms with Gasteiger partial charge in [-0.25, -0.2) is 0 Å². The fourth-order valence-electron chi connectivity index (χ4n) is 3.47. The first-order chi connectivity index (χ1) is 12.7. The number of halogens is 1. The topological polar surface area (TPSA) is 36.7 Å². The van der Waals surface area contributed by atoms with E-state index in [4.69, 9.17) is 16.0 Å². The fraction of sp³-hybridized carbons (Fsp3) is 0.350. The second kappa shape index (κ2) is 7.82. The molecule has 1 fully saturated rings. The summed E-state index contributed by atoms with van der Waals surface area (Å²) in [7, 11) is 0. The number of thiophene rings is 1. The summed E-state index contributed by atoms with van der Waals surface area (Å²) in [6.45, 7) is 4.26. The predicted molar refractivity (Wildman–Crippen MR) is 106 cm³/mol. The van der Waals surface area contributed by atoms with Gasteiger partial charge in [-0.05, 0) is 53.1 Å². The Morgan fingerprint density at radius 3 is 2.96 bits per heavy atom. The zero-order valence-corrected chi connectivity index (χ0v) is 16.1. The Morgan fingerprint density at radius 2 is 2.12 bits per heavy atom. The first-order valence-corrected chi connectivity index (χ1v) is 10.1. The minimum Gasteiger partial charge on any atom is -0.468 e. The number of hydrogen-bond acceptors (Lipinski definition) is 4. The molecule has 0 atom stereocenters. The highest BCUT2D eigenvalue weighted by molar-refractivity contribution is 7.17. The zero-order chi connectivity index (χ0) is 17.9. The molecule has 4 nitrogen and oxygen atoms in total. The van der Waals surface area contributed by atoms with Crippen LogP contribution in [-0.4, -0.2) is 41.9 Å². The molecule has 0 N–H and O–H groups in total.